The second-order valence-electron chi connectivity index (χ2n) is 8.98. The highest BCUT2D eigenvalue weighted by atomic mass is 35.5. The number of carbonyl (C=O) groups is 1. The van der Waals surface area contributed by atoms with E-state index in [1.54, 1.807) is 12.1 Å². The Morgan fingerprint density at radius 1 is 1.12 bits per heavy atom. The molecule has 3 N–H and O–H groups in total. The molecule has 0 radical (unpaired) electrons. The van der Waals surface area contributed by atoms with Gasteiger partial charge in [0.1, 0.15) is 5.75 Å². The maximum atomic E-state index is 12.6. The fourth-order valence-corrected chi connectivity index (χ4v) is 4.48. The number of nitrogens with zero attached hydrogens (tertiary/aromatic N) is 1. The van der Waals surface area contributed by atoms with Crippen LogP contribution in [0.15, 0.2) is 42.5 Å². The fraction of sp³-hybridized carbons (Fsp3) is 0.519. The number of carbonyl (C=O) groups excluding carboxylic acids is 1. The molecule has 186 valence electrons. The molecule has 6 nitrogen and oxygen atoms in total. The Labute approximate surface area is 208 Å². The predicted octanol–water partition coefficient (Wildman–Crippen LogP) is 4.80. The van der Waals surface area contributed by atoms with E-state index in [0.717, 1.165) is 58.5 Å². The molecular formula is C27H38ClN3O3. The van der Waals surface area contributed by atoms with Gasteiger partial charge in [0.2, 0.25) is 0 Å². The van der Waals surface area contributed by atoms with E-state index in [1.807, 2.05) is 6.07 Å². The van der Waals surface area contributed by atoms with Crippen LogP contribution in [0.25, 0.3) is 0 Å². The molecule has 1 fully saturated rings. The number of nitrogen functional groups attached to an aromatic ring is 1. The van der Waals surface area contributed by atoms with Crippen LogP contribution in [-0.4, -0.2) is 57.3 Å². The lowest BCUT2D eigenvalue weighted by Gasteiger charge is -2.32. The fourth-order valence-electron chi connectivity index (χ4n) is 4.31. The quantitative estimate of drug-likeness (QED) is 0.313. The Morgan fingerprint density at radius 3 is 2.62 bits per heavy atom. The van der Waals surface area contributed by atoms with Gasteiger partial charge in [-0.05, 0) is 75.7 Å². The van der Waals surface area contributed by atoms with Crippen molar-refractivity contribution in [3.8, 4) is 5.75 Å². The number of anilines is 1. The molecule has 3 rings (SSSR count). The molecule has 1 amide bonds. The summed E-state index contributed by atoms with van der Waals surface area (Å²) in [6, 6.07) is 13.6. The maximum Gasteiger partial charge on any atom is 0.255 e. The zero-order chi connectivity index (χ0) is 24.2. The van der Waals surface area contributed by atoms with E-state index in [4.69, 9.17) is 26.8 Å². The van der Waals surface area contributed by atoms with Crippen LogP contribution < -0.4 is 15.8 Å². The number of unbranched alkanes of at least 4 members (excludes halogenated alkanes) is 2. The van der Waals surface area contributed by atoms with E-state index in [0.29, 0.717) is 34.5 Å². The molecule has 0 aromatic heterocycles. The van der Waals surface area contributed by atoms with Gasteiger partial charge in [0.05, 0.1) is 30.0 Å². The first-order valence-corrected chi connectivity index (χ1v) is 12.7. The van der Waals surface area contributed by atoms with Gasteiger partial charge in [0.25, 0.3) is 5.91 Å². The number of likely N-dealkylation sites (tertiary alicyclic amines) is 1. The molecule has 1 aliphatic heterocycles. The molecule has 0 unspecified atom stereocenters. The van der Waals surface area contributed by atoms with Crippen LogP contribution in [0.2, 0.25) is 5.02 Å². The van der Waals surface area contributed by atoms with E-state index in [9.17, 15) is 4.79 Å². The average Bonchev–Trinajstić information content (AvgIpc) is 2.86. The van der Waals surface area contributed by atoms with E-state index in [2.05, 4.69) is 34.5 Å². The van der Waals surface area contributed by atoms with Gasteiger partial charge in [-0.2, -0.15) is 0 Å². The highest BCUT2D eigenvalue weighted by Crippen LogP contribution is 2.29. The lowest BCUT2D eigenvalue weighted by molar-refractivity contribution is 0.0932. The molecule has 1 aliphatic rings. The predicted molar refractivity (Wildman–Crippen MR) is 139 cm³/mol. The Morgan fingerprint density at radius 2 is 1.88 bits per heavy atom. The first kappa shape index (κ1) is 26.3. The lowest BCUT2D eigenvalue weighted by Crippen LogP contribution is -2.39. The number of methoxy groups -OCH3 is 1. The minimum absolute atomic E-state index is 0.174. The Hall–Kier alpha value is -2.28. The SMILES string of the molecule is COc1cc(N)c(Cl)cc1C(=O)NCC1CCN(CCCCCOCCc2ccccc2)CC1. The highest BCUT2D eigenvalue weighted by molar-refractivity contribution is 6.33. The van der Waals surface area contributed by atoms with Crippen LogP contribution in [-0.2, 0) is 11.2 Å². The Balaban J connectivity index is 1.23. The monoisotopic (exact) mass is 487 g/mol. The Kier molecular flexibility index (Phi) is 11.0. The van der Waals surface area contributed by atoms with Crippen molar-refractivity contribution in [3.05, 3.63) is 58.6 Å². The molecule has 1 saturated heterocycles. The van der Waals surface area contributed by atoms with Crippen molar-refractivity contribution in [3.63, 3.8) is 0 Å². The molecule has 0 spiro atoms. The van der Waals surface area contributed by atoms with Gasteiger partial charge in [-0.15, -0.1) is 0 Å². The van der Waals surface area contributed by atoms with Gasteiger partial charge < -0.3 is 25.4 Å². The van der Waals surface area contributed by atoms with E-state index in [-0.39, 0.29) is 5.91 Å². The topological polar surface area (TPSA) is 76.8 Å². The van der Waals surface area contributed by atoms with Gasteiger partial charge in [-0.3, -0.25) is 4.79 Å². The third-order valence-corrected chi connectivity index (χ3v) is 6.79. The summed E-state index contributed by atoms with van der Waals surface area (Å²) in [5.74, 6) is 0.761. The second kappa shape index (κ2) is 14.2. The van der Waals surface area contributed by atoms with Crippen LogP contribution in [0.5, 0.6) is 5.75 Å². The van der Waals surface area contributed by atoms with Gasteiger partial charge in [-0.1, -0.05) is 41.9 Å². The summed E-state index contributed by atoms with van der Waals surface area (Å²) in [5.41, 5.74) is 7.96. The zero-order valence-electron chi connectivity index (χ0n) is 20.2. The van der Waals surface area contributed by atoms with Gasteiger partial charge in [-0.25, -0.2) is 0 Å². The van der Waals surface area contributed by atoms with Crippen LogP contribution >= 0.6 is 11.6 Å². The number of nitrogens with two attached hydrogens (primary N) is 1. The van der Waals surface area contributed by atoms with Gasteiger partial charge >= 0.3 is 0 Å². The normalized spacial score (nSPS) is 14.8. The molecule has 0 aliphatic carbocycles. The molecule has 1 heterocycles. The van der Waals surface area contributed by atoms with E-state index < -0.39 is 0 Å². The van der Waals surface area contributed by atoms with Crippen molar-refractivity contribution < 1.29 is 14.3 Å². The summed E-state index contributed by atoms with van der Waals surface area (Å²) in [5, 5.41) is 3.40. The zero-order valence-corrected chi connectivity index (χ0v) is 21.0. The van der Waals surface area contributed by atoms with Crippen LogP contribution in [0, 0.1) is 5.92 Å². The van der Waals surface area contributed by atoms with Gasteiger partial charge in [0.15, 0.2) is 0 Å². The first-order valence-electron chi connectivity index (χ1n) is 12.3. The molecule has 34 heavy (non-hydrogen) atoms. The summed E-state index contributed by atoms with van der Waals surface area (Å²) < 4.78 is 11.1. The first-order chi connectivity index (χ1) is 16.6. The van der Waals surface area contributed by atoms with Crippen LogP contribution in [0.1, 0.15) is 48.0 Å². The minimum atomic E-state index is -0.174. The number of hydrogen-bond acceptors (Lipinski definition) is 5. The van der Waals surface area contributed by atoms with Crippen molar-refractivity contribution in [1.29, 1.82) is 0 Å². The summed E-state index contributed by atoms with van der Waals surface area (Å²) in [4.78, 5) is 15.2. The van der Waals surface area contributed by atoms with Crippen LogP contribution in [0.4, 0.5) is 5.69 Å². The average molecular weight is 488 g/mol. The van der Waals surface area contributed by atoms with Crippen molar-refractivity contribution in [1.82, 2.24) is 10.2 Å². The van der Waals surface area contributed by atoms with Gasteiger partial charge in [0, 0.05) is 19.2 Å². The minimum Gasteiger partial charge on any atom is -0.496 e. The summed E-state index contributed by atoms with van der Waals surface area (Å²) >= 11 is 6.09. The van der Waals surface area contributed by atoms with Crippen molar-refractivity contribution in [2.75, 3.05) is 52.2 Å². The van der Waals surface area contributed by atoms with E-state index in [1.165, 1.54) is 25.5 Å². The molecule has 2 aromatic rings. The largest absolute Gasteiger partial charge is 0.496 e. The van der Waals surface area contributed by atoms with Crippen molar-refractivity contribution >= 4 is 23.2 Å². The molecule has 0 saturated carbocycles. The molecule has 0 atom stereocenters. The number of rotatable bonds is 13. The third-order valence-electron chi connectivity index (χ3n) is 6.46. The maximum absolute atomic E-state index is 12.6. The smallest absolute Gasteiger partial charge is 0.255 e. The third kappa shape index (κ3) is 8.49. The molecule has 7 heteroatoms. The molecule has 0 bridgehead atoms. The molecule has 2 aromatic carbocycles. The number of ether oxygens (including phenoxy) is 2. The molecular weight excluding hydrogens is 450 g/mol. The standard InChI is InChI=1S/C27H38ClN3O3/c1-33-26-19-25(29)24(28)18-23(26)27(32)30-20-22-10-14-31(15-11-22)13-6-3-7-16-34-17-12-21-8-4-2-5-9-21/h2,4-5,8-9,18-19,22H,3,6-7,10-17,20,29H2,1H3,(H,30,32). The summed E-state index contributed by atoms with van der Waals surface area (Å²) in [6.45, 7) is 5.63. The number of amides is 1. The summed E-state index contributed by atoms with van der Waals surface area (Å²) in [6.07, 6.45) is 6.72. The van der Waals surface area contributed by atoms with E-state index >= 15 is 0 Å². The number of piperidine rings is 1. The highest BCUT2D eigenvalue weighted by Gasteiger charge is 2.21. The number of nitrogens with one attached hydrogen (secondary N) is 1. The van der Waals surface area contributed by atoms with Crippen molar-refractivity contribution in [2.45, 2.75) is 38.5 Å². The second-order valence-corrected chi connectivity index (χ2v) is 9.38. The number of hydrogen-bond donors (Lipinski definition) is 2. The van der Waals surface area contributed by atoms with Crippen LogP contribution in [0.3, 0.4) is 0 Å². The Bertz CT molecular complexity index is 886. The lowest BCUT2D eigenvalue weighted by atomic mass is 9.96. The van der Waals surface area contributed by atoms with Crippen molar-refractivity contribution in [2.24, 2.45) is 5.92 Å². The number of halogens is 1. The summed E-state index contributed by atoms with van der Waals surface area (Å²) in [7, 11) is 1.52. The number of benzene rings is 2.